The number of hydrogen-bond acceptors (Lipinski definition) is 1. The Labute approximate surface area is 147 Å². The molecule has 0 bridgehead atoms. The van der Waals surface area contributed by atoms with Gasteiger partial charge in [0.25, 0.3) is 0 Å². The number of nitrogens with zero attached hydrogens (tertiary/aromatic N) is 1. The van der Waals surface area contributed by atoms with Crippen molar-refractivity contribution >= 4 is 10.9 Å². The molecule has 2 nitrogen and oxygen atoms in total. The van der Waals surface area contributed by atoms with Crippen molar-refractivity contribution in [1.82, 2.24) is 4.57 Å². The van der Waals surface area contributed by atoms with Crippen molar-refractivity contribution in [3.05, 3.63) is 94.6 Å². The van der Waals surface area contributed by atoms with E-state index >= 15 is 0 Å². The van der Waals surface area contributed by atoms with E-state index < -0.39 is 0 Å². The van der Waals surface area contributed by atoms with Crippen LogP contribution in [0.3, 0.4) is 0 Å². The van der Waals surface area contributed by atoms with Crippen molar-refractivity contribution in [3.8, 4) is 22.4 Å². The average Bonchev–Trinajstić information content (AvgIpc) is 2.65. The van der Waals surface area contributed by atoms with Gasteiger partial charge in [0.2, 0.25) is 0 Å². The van der Waals surface area contributed by atoms with Crippen molar-refractivity contribution in [1.29, 1.82) is 0 Å². The lowest BCUT2D eigenvalue weighted by Gasteiger charge is -2.18. The van der Waals surface area contributed by atoms with Crippen LogP contribution in [0.4, 0.5) is 0 Å². The van der Waals surface area contributed by atoms with Crippen LogP contribution in [0.2, 0.25) is 0 Å². The SMILES string of the molecule is Cc1ccc2c(=O)c(-c3ccccc3)c(-c3ccccc3)n(C)c2c1. The van der Waals surface area contributed by atoms with E-state index in [0.29, 0.717) is 0 Å². The fourth-order valence-electron chi connectivity index (χ4n) is 3.45. The van der Waals surface area contributed by atoms with Gasteiger partial charge < -0.3 is 4.57 Å². The molecule has 0 radical (unpaired) electrons. The molecule has 1 aromatic heterocycles. The Morgan fingerprint density at radius 2 is 1.36 bits per heavy atom. The van der Waals surface area contributed by atoms with Crippen LogP contribution in [0, 0.1) is 6.92 Å². The maximum atomic E-state index is 13.4. The monoisotopic (exact) mass is 325 g/mol. The van der Waals surface area contributed by atoms with E-state index in [9.17, 15) is 4.79 Å². The molecule has 4 rings (SSSR count). The first-order valence-electron chi connectivity index (χ1n) is 8.41. The maximum absolute atomic E-state index is 13.4. The highest BCUT2D eigenvalue weighted by Crippen LogP contribution is 2.32. The van der Waals surface area contributed by atoms with Crippen LogP contribution >= 0.6 is 0 Å². The van der Waals surface area contributed by atoms with Gasteiger partial charge in [0.15, 0.2) is 5.43 Å². The molecule has 0 N–H and O–H groups in total. The van der Waals surface area contributed by atoms with E-state index in [-0.39, 0.29) is 5.43 Å². The number of aromatic nitrogens is 1. The zero-order chi connectivity index (χ0) is 17.4. The van der Waals surface area contributed by atoms with Gasteiger partial charge in [0.05, 0.1) is 16.8 Å². The van der Waals surface area contributed by atoms with Crippen molar-refractivity contribution < 1.29 is 0 Å². The molecule has 0 atom stereocenters. The summed E-state index contributed by atoms with van der Waals surface area (Å²) < 4.78 is 2.14. The number of aryl methyl sites for hydroxylation is 2. The number of hydrogen-bond donors (Lipinski definition) is 0. The minimum Gasteiger partial charge on any atom is -0.343 e. The molecular formula is C23H19NO. The van der Waals surface area contributed by atoms with Gasteiger partial charge in [0, 0.05) is 12.4 Å². The van der Waals surface area contributed by atoms with Crippen LogP contribution in [0.1, 0.15) is 5.56 Å². The number of rotatable bonds is 2. The van der Waals surface area contributed by atoms with Crippen molar-refractivity contribution in [3.63, 3.8) is 0 Å². The predicted molar refractivity (Wildman–Crippen MR) is 105 cm³/mol. The van der Waals surface area contributed by atoms with Gasteiger partial charge >= 0.3 is 0 Å². The zero-order valence-corrected chi connectivity index (χ0v) is 14.4. The highest BCUT2D eigenvalue weighted by atomic mass is 16.1. The van der Waals surface area contributed by atoms with Crippen LogP contribution in [0.25, 0.3) is 33.3 Å². The zero-order valence-electron chi connectivity index (χ0n) is 14.4. The van der Waals surface area contributed by atoms with Gasteiger partial charge in [-0.25, -0.2) is 0 Å². The molecule has 0 fully saturated rings. The van der Waals surface area contributed by atoms with E-state index in [0.717, 1.165) is 38.9 Å². The second kappa shape index (κ2) is 6.06. The minimum atomic E-state index is 0.0816. The third kappa shape index (κ3) is 2.56. The second-order valence-corrected chi connectivity index (χ2v) is 6.36. The van der Waals surface area contributed by atoms with E-state index in [1.54, 1.807) is 0 Å². The first-order valence-corrected chi connectivity index (χ1v) is 8.41. The third-order valence-electron chi connectivity index (χ3n) is 4.67. The van der Waals surface area contributed by atoms with Gasteiger partial charge in [-0.1, -0.05) is 66.7 Å². The summed E-state index contributed by atoms with van der Waals surface area (Å²) in [7, 11) is 2.04. The van der Waals surface area contributed by atoms with E-state index in [1.807, 2.05) is 67.7 Å². The second-order valence-electron chi connectivity index (χ2n) is 6.36. The molecule has 0 aliphatic heterocycles. The summed E-state index contributed by atoms with van der Waals surface area (Å²) in [5.41, 5.74) is 5.89. The molecule has 25 heavy (non-hydrogen) atoms. The molecule has 3 aromatic carbocycles. The Kier molecular flexibility index (Phi) is 3.73. The molecular weight excluding hydrogens is 306 g/mol. The Morgan fingerprint density at radius 1 is 0.760 bits per heavy atom. The molecule has 0 amide bonds. The average molecular weight is 325 g/mol. The molecule has 0 aliphatic carbocycles. The highest BCUT2D eigenvalue weighted by molar-refractivity contribution is 5.92. The lowest BCUT2D eigenvalue weighted by Crippen LogP contribution is -2.14. The highest BCUT2D eigenvalue weighted by Gasteiger charge is 2.18. The topological polar surface area (TPSA) is 22.0 Å². The molecule has 122 valence electrons. The van der Waals surface area contributed by atoms with Crippen molar-refractivity contribution in [2.24, 2.45) is 7.05 Å². The molecule has 4 aromatic rings. The Balaban J connectivity index is 2.21. The molecule has 0 unspecified atom stereocenters. The molecule has 1 heterocycles. The van der Waals surface area contributed by atoms with E-state index in [1.165, 1.54) is 0 Å². The summed E-state index contributed by atoms with van der Waals surface area (Å²) in [6.07, 6.45) is 0. The third-order valence-corrected chi connectivity index (χ3v) is 4.67. The quantitative estimate of drug-likeness (QED) is 0.498. The maximum Gasteiger partial charge on any atom is 0.197 e. The number of pyridine rings is 1. The van der Waals surface area contributed by atoms with Crippen LogP contribution in [0.5, 0.6) is 0 Å². The van der Waals surface area contributed by atoms with Gasteiger partial charge in [-0.15, -0.1) is 0 Å². The summed E-state index contributed by atoms with van der Waals surface area (Å²) in [4.78, 5) is 13.4. The molecule has 2 heteroatoms. The summed E-state index contributed by atoms with van der Waals surface area (Å²) >= 11 is 0. The molecule has 0 saturated heterocycles. The predicted octanol–water partition coefficient (Wildman–Crippen LogP) is 5.18. The van der Waals surface area contributed by atoms with Gasteiger partial charge in [0.1, 0.15) is 0 Å². The van der Waals surface area contributed by atoms with Gasteiger partial charge in [-0.3, -0.25) is 4.79 Å². The van der Waals surface area contributed by atoms with Gasteiger partial charge in [-0.05, 0) is 35.7 Å². The van der Waals surface area contributed by atoms with Crippen molar-refractivity contribution in [2.75, 3.05) is 0 Å². The van der Waals surface area contributed by atoms with E-state index in [2.05, 4.69) is 29.7 Å². The molecule has 0 spiro atoms. The Morgan fingerprint density at radius 3 is 2.00 bits per heavy atom. The van der Waals surface area contributed by atoms with Gasteiger partial charge in [-0.2, -0.15) is 0 Å². The van der Waals surface area contributed by atoms with Crippen LogP contribution < -0.4 is 5.43 Å². The first-order chi connectivity index (χ1) is 12.2. The van der Waals surface area contributed by atoms with E-state index in [4.69, 9.17) is 0 Å². The summed E-state index contributed by atoms with van der Waals surface area (Å²) in [6.45, 7) is 2.05. The molecule has 0 aliphatic rings. The fraction of sp³-hybridized carbons (Fsp3) is 0.0870. The van der Waals surface area contributed by atoms with Crippen molar-refractivity contribution in [2.45, 2.75) is 6.92 Å². The summed E-state index contributed by atoms with van der Waals surface area (Å²) in [5, 5.41) is 0.756. The lowest BCUT2D eigenvalue weighted by atomic mass is 9.96. The number of benzene rings is 3. The largest absolute Gasteiger partial charge is 0.343 e. The first kappa shape index (κ1) is 15.4. The number of fused-ring (bicyclic) bond motifs is 1. The van der Waals surface area contributed by atoms with Crippen LogP contribution in [-0.4, -0.2) is 4.57 Å². The molecule has 0 saturated carbocycles. The standard InChI is InChI=1S/C23H19NO/c1-16-13-14-19-20(15-16)24(2)22(18-11-7-4-8-12-18)21(23(19)25)17-9-5-3-6-10-17/h3-15H,1-2H3. The van der Waals surface area contributed by atoms with Crippen LogP contribution in [0.15, 0.2) is 83.7 Å². The Hall–Kier alpha value is -3.13. The fourth-order valence-corrected chi connectivity index (χ4v) is 3.45. The smallest absolute Gasteiger partial charge is 0.197 e. The summed E-state index contributed by atoms with van der Waals surface area (Å²) in [6, 6.07) is 26.1. The Bertz CT molecular complexity index is 1110. The van der Waals surface area contributed by atoms with Crippen LogP contribution in [-0.2, 0) is 7.05 Å². The summed E-state index contributed by atoms with van der Waals surface area (Å²) in [5.74, 6) is 0. The minimum absolute atomic E-state index is 0.0816. The lowest BCUT2D eigenvalue weighted by molar-refractivity contribution is 0.961. The normalized spacial score (nSPS) is 11.0.